The Morgan fingerprint density at radius 3 is 2.60 bits per heavy atom. The minimum atomic E-state index is 0.0922. The molecule has 0 unspecified atom stereocenters. The van der Waals surface area contributed by atoms with Gasteiger partial charge < -0.3 is 5.11 Å². The molecule has 4 nitrogen and oxygen atoms in total. The molecule has 1 N–H and O–H groups in total. The highest BCUT2D eigenvalue weighted by atomic mass is 16.3. The fraction of sp³-hybridized carbons (Fsp3) is 0.250. The minimum absolute atomic E-state index is 0.0922. The molecule has 0 fully saturated rings. The molecule has 0 aliphatic heterocycles. The summed E-state index contributed by atoms with van der Waals surface area (Å²) in [6.45, 7) is 2.00. The summed E-state index contributed by atoms with van der Waals surface area (Å²) in [6.07, 6.45) is 1.62. The van der Waals surface area contributed by atoms with Gasteiger partial charge in [-0.1, -0.05) is 36.4 Å². The van der Waals surface area contributed by atoms with Crippen molar-refractivity contribution in [1.29, 1.82) is 5.26 Å². The number of rotatable bonds is 6. The monoisotopic (exact) mass is 267 g/mol. The maximum absolute atomic E-state index is 9.20. The number of hydrogen-bond acceptors (Lipinski definition) is 4. The summed E-state index contributed by atoms with van der Waals surface area (Å²) >= 11 is 0. The van der Waals surface area contributed by atoms with Gasteiger partial charge in [-0.05, 0) is 11.6 Å². The van der Waals surface area contributed by atoms with Crippen LogP contribution in [-0.4, -0.2) is 28.1 Å². The molecule has 0 aliphatic carbocycles. The second-order valence-electron chi connectivity index (χ2n) is 4.54. The predicted molar refractivity (Wildman–Crippen MR) is 76.6 cm³/mol. The van der Waals surface area contributed by atoms with E-state index in [-0.39, 0.29) is 6.61 Å². The van der Waals surface area contributed by atoms with Crippen LogP contribution in [0.15, 0.2) is 48.7 Å². The topological polar surface area (TPSA) is 60.2 Å². The lowest BCUT2D eigenvalue weighted by Crippen LogP contribution is -2.26. The van der Waals surface area contributed by atoms with Gasteiger partial charge in [0.2, 0.25) is 0 Å². The molecule has 2 aromatic rings. The Labute approximate surface area is 118 Å². The Balaban J connectivity index is 2.11. The molecule has 1 heterocycles. The third kappa shape index (κ3) is 3.89. The maximum Gasteiger partial charge on any atom is 0.144 e. The van der Waals surface area contributed by atoms with Gasteiger partial charge in [0.1, 0.15) is 11.8 Å². The molecular weight excluding hydrogens is 250 g/mol. The molecule has 4 heteroatoms. The summed E-state index contributed by atoms with van der Waals surface area (Å²) in [7, 11) is 0. The van der Waals surface area contributed by atoms with Gasteiger partial charge in [-0.3, -0.25) is 4.90 Å². The van der Waals surface area contributed by atoms with E-state index in [0.717, 1.165) is 12.1 Å². The van der Waals surface area contributed by atoms with Crippen LogP contribution >= 0.6 is 0 Å². The van der Waals surface area contributed by atoms with Gasteiger partial charge in [-0.2, -0.15) is 5.26 Å². The molecule has 1 aromatic carbocycles. The van der Waals surface area contributed by atoms with Crippen LogP contribution in [0.4, 0.5) is 0 Å². The number of benzene rings is 1. The van der Waals surface area contributed by atoms with E-state index >= 15 is 0 Å². The van der Waals surface area contributed by atoms with Crippen LogP contribution in [0, 0.1) is 11.3 Å². The van der Waals surface area contributed by atoms with Crippen molar-refractivity contribution in [1.82, 2.24) is 9.88 Å². The molecule has 0 radical (unpaired) electrons. The van der Waals surface area contributed by atoms with Crippen molar-refractivity contribution in [2.45, 2.75) is 13.1 Å². The van der Waals surface area contributed by atoms with Crippen molar-refractivity contribution in [3.63, 3.8) is 0 Å². The van der Waals surface area contributed by atoms with Crippen LogP contribution in [0.1, 0.15) is 16.8 Å². The van der Waals surface area contributed by atoms with Gasteiger partial charge in [0.05, 0.1) is 6.61 Å². The average Bonchev–Trinajstić information content (AvgIpc) is 2.49. The summed E-state index contributed by atoms with van der Waals surface area (Å²) in [4.78, 5) is 6.17. The molecule has 102 valence electrons. The number of nitrogens with zero attached hydrogens (tertiary/aromatic N) is 3. The zero-order valence-electron chi connectivity index (χ0n) is 11.2. The molecule has 0 bridgehead atoms. The Bertz CT molecular complexity index is 578. The van der Waals surface area contributed by atoms with Gasteiger partial charge in [0.15, 0.2) is 0 Å². The predicted octanol–water partition coefficient (Wildman–Crippen LogP) is 1.95. The van der Waals surface area contributed by atoms with Gasteiger partial charge in [-0.25, -0.2) is 4.98 Å². The molecule has 0 atom stereocenters. The number of aliphatic hydroxyl groups excluding tert-OH is 1. The van der Waals surface area contributed by atoms with Crippen LogP contribution < -0.4 is 0 Å². The van der Waals surface area contributed by atoms with Crippen LogP contribution in [-0.2, 0) is 13.1 Å². The zero-order chi connectivity index (χ0) is 14.2. The number of pyridine rings is 1. The van der Waals surface area contributed by atoms with Crippen molar-refractivity contribution in [2.24, 2.45) is 0 Å². The summed E-state index contributed by atoms with van der Waals surface area (Å²) in [5, 5.41) is 18.3. The minimum Gasteiger partial charge on any atom is -0.395 e. The van der Waals surface area contributed by atoms with Crippen molar-refractivity contribution >= 4 is 0 Å². The molecule has 0 aliphatic rings. The lowest BCUT2D eigenvalue weighted by Gasteiger charge is -2.21. The Hall–Kier alpha value is -2.22. The first-order chi connectivity index (χ1) is 9.83. The summed E-state index contributed by atoms with van der Waals surface area (Å²) in [5.74, 6) is 0. The van der Waals surface area contributed by atoms with Gasteiger partial charge in [-0.15, -0.1) is 0 Å². The molecule has 0 spiro atoms. The highest BCUT2D eigenvalue weighted by molar-refractivity contribution is 5.30. The third-order valence-electron chi connectivity index (χ3n) is 3.06. The van der Waals surface area contributed by atoms with Crippen molar-refractivity contribution in [2.75, 3.05) is 13.2 Å². The highest BCUT2D eigenvalue weighted by Crippen LogP contribution is 2.11. The Morgan fingerprint density at radius 1 is 1.10 bits per heavy atom. The van der Waals surface area contributed by atoms with E-state index in [2.05, 4.69) is 28.1 Å². The number of hydrogen-bond donors (Lipinski definition) is 1. The zero-order valence-corrected chi connectivity index (χ0v) is 11.2. The van der Waals surface area contributed by atoms with Crippen LogP contribution in [0.3, 0.4) is 0 Å². The molecule has 0 amide bonds. The lowest BCUT2D eigenvalue weighted by molar-refractivity contribution is 0.184. The third-order valence-corrected chi connectivity index (χ3v) is 3.06. The van der Waals surface area contributed by atoms with E-state index in [9.17, 15) is 5.11 Å². The molecule has 0 saturated carbocycles. The standard InChI is InChI=1S/C16H17N3O/c17-11-16-15(7-4-8-18-16)13-19(9-10-20)12-14-5-2-1-3-6-14/h1-8,20H,9-10,12-13H2. The number of aromatic nitrogens is 1. The summed E-state index contributed by atoms with van der Waals surface area (Å²) < 4.78 is 0. The summed E-state index contributed by atoms with van der Waals surface area (Å²) in [5.41, 5.74) is 2.52. The van der Waals surface area contributed by atoms with Gasteiger partial charge >= 0.3 is 0 Å². The average molecular weight is 267 g/mol. The first-order valence-electron chi connectivity index (χ1n) is 6.54. The quantitative estimate of drug-likeness (QED) is 0.869. The summed E-state index contributed by atoms with van der Waals surface area (Å²) in [6, 6.07) is 15.9. The van der Waals surface area contributed by atoms with Crippen molar-refractivity contribution in [3.05, 3.63) is 65.5 Å². The molecule has 0 saturated heterocycles. The Morgan fingerprint density at radius 2 is 1.90 bits per heavy atom. The molecular formula is C16H17N3O. The first-order valence-corrected chi connectivity index (χ1v) is 6.54. The second-order valence-corrected chi connectivity index (χ2v) is 4.54. The van der Waals surface area contributed by atoms with Crippen molar-refractivity contribution < 1.29 is 5.11 Å². The lowest BCUT2D eigenvalue weighted by atomic mass is 10.1. The highest BCUT2D eigenvalue weighted by Gasteiger charge is 2.10. The largest absolute Gasteiger partial charge is 0.395 e. The van der Waals surface area contributed by atoms with E-state index < -0.39 is 0 Å². The fourth-order valence-corrected chi connectivity index (χ4v) is 2.10. The normalized spacial score (nSPS) is 10.4. The molecule has 2 rings (SSSR count). The Kier molecular flexibility index (Phi) is 5.24. The van der Waals surface area contributed by atoms with Gasteiger partial charge in [0, 0.05) is 31.4 Å². The van der Waals surface area contributed by atoms with Crippen LogP contribution in [0.25, 0.3) is 0 Å². The van der Waals surface area contributed by atoms with E-state index in [4.69, 9.17) is 5.26 Å². The smallest absolute Gasteiger partial charge is 0.144 e. The van der Waals surface area contributed by atoms with E-state index in [0.29, 0.717) is 18.8 Å². The van der Waals surface area contributed by atoms with Crippen LogP contribution in [0.5, 0.6) is 0 Å². The van der Waals surface area contributed by atoms with E-state index in [1.807, 2.05) is 30.3 Å². The fourth-order valence-electron chi connectivity index (χ4n) is 2.10. The molecule has 20 heavy (non-hydrogen) atoms. The van der Waals surface area contributed by atoms with Crippen LogP contribution in [0.2, 0.25) is 0 Å². The molecule has 1 aromatic heterocycles. The van der Waals surface area contributed by atoms with Gasteiger partial charge in [0.25, 0.3) is 0 Å². The SMILES string of the molecule is N#Cc1ncccc1CN(CCO)Cc1ccccc1. The second kappa shape index (κ2) is 7.39. The maximum atomic E-state index is 9.20. The number of aliphatic hydroxyl groups is 1. The van der Waals surface area contributed by atoms with E-state index in [1.165, 1.54) is 5.56 Å². The van der Waals surface area contributed by atoms with Crippen molar-refractivity contribution in [3.8, 4) is 6.07 Å². The van der Waals surface area contributed by atoms with E-state index in [1.54, 1.807) is 6.20 Å². The number of nitriles is 1. The first kappa shape index (κ1) is 14.2.